The van der Waals surface area contributed by atoms with Gasteiger partial charge in [0, 0.05) is 18.0 Å². The van der Waals surface area contributed by atoms with Crippen molar-refractivity contribution in [2.75, 3.05) is 0 Å². The molecule has 70 valence electrons. The van der Waals surface area contributed by atoms with Crippen LogP contribution in [-0.2, 0) is 0 Å². The van der Waals surface area contributed by atoms with Crippen LogP contribution in [0.5, 0.6) is 0 Å². The van der Waals surface area contributed by atoms with Crippen LogP contribution in [0.1, 0.15) is 6.92 Å². The van der Waals surface area contributed by atoms with Gasteiger partial charge in [0.25, 0.3) is 0 Å². The summed E-state index contributed by atoms with van der Waals surface area (Å²) in [6, 6.07) is 0. The second kappa shape index (κ2) is 3.29. The molecule has 1 rings (SSSR count). The van der Waals surface area contributed by atoms with Gasteiger partial charge in [-0.3, -0.25) is 4.42 Å². The molecule has 0 aromatic heterocycles. The molecule has 0 bridgehead atoms. The van der Waals surface area contributed by atoms with E-state index in [2.05, 4.69) is 0 Å². The smallest absolute Gasteiger partial charge is 0.175 e. The fourth-order valence-electron chi connectivity index (χ4n) is 0.806. The minimum absolute atomic E-state index is 0.557. The highest BCUT2D eigenvalue weighted by molar-refractivity contribution is 6.57. The third-order valence-corrected chi connectivity index (χ3v) is 4.86. The van der Waals surface area contributed by atoms with Crippen LogP contribution in [0.25, 0.3) is 0 Å². The number of nitrogens with zero attached hydrogens (tertiary/aromatic N) is 1. The average Bonchev–Trinajstić information content (AvgIpc) is 1.96. The lowest BCUT2D eigenvalue weighted by molar-refractivity contribution is 0.343. The summed E-state index contributed by atoms with van der Waals surface area (Å²) in [6.45, 7) is 1.60. The maximum absolute atomic E-state index is 6.00. The minimum Gasteiger partial charge on any atom is -0.269 e. The highest BCUT2D eigenvalue weighted by Gasteiger charge is 2.54. The normalized spacial score (nSPS) is 40.2. The molecule has 1 aliphatic heterocycles. The molecule has 0 spiro atoms. The predicted octanol–water partition coefficient (Wildman–Crippen LogP) is 3.71. The molecule has 0 radical (unpaired) electrons. The maximum Gasteiger partial charge on any atom is 0.175 e. The molecule has 0 aromatic rings. The zero-order chi connectivity index (χ0) is 9.57. The third-order valence-electron chi connectivity index (χ3n) is 1.74. The zero-order valence-electron chi connectivity index (χ0n) is 6.07. The van der Waals surface area contributed by atoms with Crippen molar-refractivity contribution in [3.05, 3.63) is 12.3 Å². The lowest BCUT2D eigenvalue weighted by Crippen LogP contribution is -2.54. The van der Waals surface area contributed by atoms with Crippen molar-refractivity contribution < 1.29 is 0 Å². The highest BCUT2D eigenvalue weighted by atomic mass is 35.5. The maximum atomic E-state index is 6.00. The molecule has 0 aliphatic carbocycles. The molecule has 0 amide bonds. The Labute approximate surface area is 96.3 Å². The summed E-state index contributed by atoms with van der Waals surface area (Å²) < 4.78 is -0.111. The Morgan fingerprint density at radius 3 is 2.25 bits per heavy atom. The van der Waals surface area contributed by atoms with Crippen molar-refractivity contribution >= 4 is 58.2 Å². The van der Waals surface area contributed by atoms with E-state index >= 15 is 0 Å². The van der Waals surface area contributed by atoms with Crippen LogP contribution in [0.15, 0.2) is 12.3 Å². The highest BCUT2D eigenvalue weighted by Crippen LogP contribution is 2.49. The molecule has 1 aliphatic rings. The van der Waals surface area contributed by atoms with E-state index in [1.165, 1.54) is 10.6 Å². The van der Waals surface area contributed by atoms with Crippen molar-refractivity contribution in [3.8, 4) is 0 Å². The fraction of sp³-hybridized carbons (Fsp3) is 0.667. The van der Waals surface area contributed by atoms with E-state index in [9.17, 15) is 0 Å². The Balaban J connectivity index is 3.07. The molecule has 6 heteroatoms. The Morgan fingerprint density at radius 2 is 1.83 bits per heavy atom. The molecular formula is C6H6Cl5N. The Hall–Kier alpha value is 0.990. The van der Waals surface area contributed by atoms with Crippen LogP contribution < -0.4 is 0 Å². The molecule has 0 fully saturated rings. The quantitative estimate of drug-likeness (QED) is 0.368. The summed E-state index contributed by atoms with van der Waals surface area (Å²) in [6.07, 6.45) is 3.12. The largest absolute Gasteiger partial charge is 0.269 e. The molecule has 1 heterocycles. The van der Waals surface area contributed by atoms with Crippen LogP contribution in [0.2, 0.25) is 0 Å². The van der Waals surface area contributed by atoms with E-state index in [1.807, 2.05) is 0 Å². The second-order valence-electron chi connectivity index (χ2n) is 2.63. The minimum atomic E-state index is -1.31. The summed E-state index contributed by atoms with van der Waals surface area (Å²) >= 11 is 29.5. The van der Waals surface area contributed by atoms with Gasteiger partial charge in [0.1, 0.15) is 0 Å². The van der Waals surface area contributed by atoms with E-state index < -0.39 is 14.7 Å². The molecule has 1 nitrogen and oxygen atoms in total. The van der Waals surface area contributed by atoms with E-state index in [0.717, 1.165) is 0 Å². The number of halogens is 5. The average molecular weight is 269 g/mol. The Kier molecular flexibility index (Phi) is 3.03. The lowest BCUT2D eigenvalue weighted by atomic mass is 10.1. The van der Waals surface area contributed by atoms with E-state index in [4.69, 9.17) is 58.2 Å². The molecule has 2 atom stereocenters. The van der Waals surface area contributed by atoms with Crippen molar-refractivity contribution in [2.24, 2.45) is 0 Å². The van der Waals surface area contributed by atoms with Crippen molar-refractivity contribution in [1.82, 2.24) is 4.42 Å². The van der Waals surface area contributed by atoms with Gasteiger partial charge in [-0.05, 0) is 13.0 Å². The van der Waals surface area contributed by atoms with E-state index in [-0.39, 0.29) is 0 Å². The second-order valence-corrected chi connectivity index (χ2v) is 5.59. The fourth-order valence-corrected chi connectivity index (χ4v) is 1.93. The summed E-state index contributed by atoms with van der Waals surface area (Å²) in [4.78, 5) is -1.11. The van der Waals surface area contributed by atoms with Gasteiger partial charge in [0.15, 0.2) is 9.33 Å². The first kappa shape index (κ1) is 11.1. The molecular weight excluding hydrogens is 263 g/mol. The van der Waals surface area contributed by atoms with Crippen molar-refractivity contribution in [2.45, 2.75) is 21.6 Å². The Bertz CT molecular complexity index is 190. The van der Waals surface area contributed by atoms with Gasteiger partial charge in [-0.15, -0.1) is 11.6 Å². The molecule has 0 saturated heterocycles. The van der Waals surface area contributed by atoms with Crippen molar-refractivity contribution in [3.63, 3.8) is 0 Å². The number of alkyl halides is 4. The van der Waals surface area contributed by atoms with Crippen LogP contribution in [0, 0.1) is 0 Å². The number of hydrogen-bond donors (Lipinski definition) is 0. The van der Waals surface area contributed by atoms with E-state index in [1.54, 1.807) is 13.0 Å². The predicted molar refractivity (Wildman–Crippen MR) is 55.2 cm³/mol. The van der Waals surface area contributed by atoms with Crippen molar-refractivity contribution in [1.29, 1.82) is 0 Å². The van der Waals surface area contributed by atoms with Gasteiger partial charge < -0.3 is 0 Å². The van der Waals surface area contributed by atoms with Crippen LogP contribution >= 0.6 is 58.2 Å². The standard InChI is InChI=1S/C6H6Cl5N/c1-5(8)6(9,10)4(7)2-3-12(5)11/h2-4H,1H3. The van der Waals surface area contributed by atoms with Crippen LogP contribution in [0.3, 0.4) is 0 Å². The SMILES string of the molecule is CC1(Cl)N(Cl)C=CC(Cl)C1(Cl)Cl. The third kappa shape index (κ3) is 1.51. The van der Waals surface area contributed by atoms with Gasteiger partial charge in [-0.25, -0.2) is 0 Å². The monoisotopic (exact) mass is 267 g/mol. The molecule has 12 heavy (non-hydrogen) atoms. The van der Waals surface area contributed by atoms with Gasteiger partial charge in [-0.1, -0.05) is 34.8 Å². The molecule has 0 saturated carbocycles. The summed E-state index contributed by atoms with van der Waals surface area (Å²) in [5.41, 5.74) is 0. The zero-order valence-corrected chi connectivity index (χ0v) is 9.85. The molecule has 0 N–H and O–H groups in total. The first-order valence-corrected chi connectivity index (χ1v) is 5.05. The summed E-state index contributed by atoms with van der Waals surface area (Å²) in [5.74, 6) is 0. The molecule has 0 aromatic carbocycles. The van der Waals surface area contributed by atoms with E-state index in [0.29, 0.717) is 0 Å². The topological polar surface area (TPSA) is 3.24 Å². The first-order chi connectivity index (χ1) is 5.30. The Morgan fingerprint density at radius 1 is 1.33 bits per heavy atom. The van der Waals surface area contributed by atoms with Crippen LogP contribution in [0.4, 0.5) is 0 Å². The number of rotatable bonds is 0. The number of allylic oxidation sites excluding steroid dienone is 1. The van der Waals surface area contributed by atoms with Gasteiger partial charge >= 0.3 is 0 Å². The lowest BCUT2D eigenvalue weighted by Gasteiger charge is -2.43. The summed E-state index contributed by atoms with van der Waals surface area (Å²) in [5, 5.41) is -0.557. The van der Waals surface area contributed by atoms with Gasteiger partial charge in [0.05, 0.1) is 5.38 Å². The summed E-state index contributed by atoms with van der Waals surface area (Å²) in [7, 11) is 0. The van der Waals surface area contributed by atoms with Gasteiger partial charge in [0.2, 0.25) is 0 Å². The van der Waals surface area contributed by atoms with Crippen LogP contribution in [-0.4, -0.2) is 19.1 Å². The first-order valence-electron chi connectivity index (χ1n) is 3.14. The molecule has 2 unspecified atom stereocenters. The number of hydrogen-bond acceptors (Lipinski definition) is 1. The van der Waals surface area contributed by atoms with Gasteiger partial charge in [-0.2, -0.15) is 0 Å².